The van der Waals surface area contributed by atoms with Gasteiger partial charge in [0.2, 0.25) is 0 Å². The van der Waals surface area contributed by atoms with Gasteiger partial charge in [-0.1, -0.05) is 32.0 Å². The molecule has 0 aliphatic heterocycles. The van der Waals surface area contributed by atoms with E-state index in [0.717, 1.165) is 5.75 Å². The molecule has 1 atom stereocenters. The van der Waals surface area contributed by atoms with Crippen LogP contribution in [0.15, 0.2) is 24.3 Å². The molecule has 0 radical (unpaired) electrons. The summed E-state index contributed by atoms with van der Waals surface area (Å²) in [5.74, 6) is 7.44. The molecule has 21 heavy (non-hydrogen) atoms. The van der Waals surface area contributed by atoms with Crippen LogP contribution in [0.4, 0.5) is 0 Å². The maximum absolute atomic E-state index is 5.96. The van der Waals surface area contributed by atoms with Gasteiger partial charge in [-0.3, -0.25) is 11.3 Å². The minimum atomic E-state index is 0.176. The summed E-state index contributed by atoms with van der Waals surface area (Å²) in [5.41, 5.74) is 4.72. The Morgan fingerprint density at radius 2 is 1.81 bits per heavy atom. The van der Waals surface area contributed by atoms with Crippen LogP contribution < -0.4 is 16.0 Å². The first-order valence-electron chi connectivity index (χ1n) is 8.14. The van der Waals surface area contributed by atoms with E-state index in [1.807, 2.05) is 12.1 Å². The second-order valence-electron chi connectivity index (χ2n) is 7.35. The Balaban J connectivity index is 2.18. The molecular weight excluding hydrogens is 260 g/mol. The summed E-state index contributed by atoms with van der Waals surface area (Å²) >= 11 is 0. The largest absolute Gasteiger partial charge is 0.491 e. The summed E-state index contributed by atoms with van der Waals surface area (Å²) in [5, 5.41) is 0. The van der Waals surface area contributed by atoms with Crippen LogP contribution >= 0.6 is 0 Å². The highest BCUT2D eigenvalue weighted by atomic mass is 16.5. The van der Waals surface area contributed by atoms with E-state index < -0.39 is 0 Å². The lowest BCUT2D eigenvalue weighted by Gasteiger charge is -2.38. The van der Waals surface area contributed by atoms with Gasteiger partial charge in [-0.05, 0) is 56.9 Å². The fourth-order valence-corrected chi connectivity index (χ4v) is 3.33. The highest BCUT2D eigenvalue weighted by molar-refractivity contribution is 5.36. The monoisotopic (exact) mass is 290 g/mol. The van der Waals surface area contributed by atoms with E-state index in [4.69, 9.17) is 10.6 Å². The summed E-state index contributed by atoms with van der Waals surface area (Å²) in [6.07, 6.45) is 5.15. The molecule has 1 aliphatic carbocycles. The van der Waals surface area contributed by atoms with Crippen molar-refractivity contribution < 1.29 is 4.74 Å². The highest BCUT2D eigenvalue weighted by Crippen LogP contribution is 2.44. The fraction of sp³-hybridized carbons (Fsp3) is 0.667. The van der Waals surface area contributed by atoms with Crippen LogP contribution in [-0.4, -0.2) is 6.10 Å². The molecule has 1 aromatic rings. The van der Waals surface area contributed by atoms with Crippen LogP contribution in [0.2, 0.25) is 0 Å². The van der Waals surface area contributed by atoms with Crippen LogP contribution in [-0.2, 0) is 0 Å². The molecule has 3 heteroatoms. The van der Waals surface area contributed by atoms with E-state index in [-0.39, 0.29) is 12.1 Å². The number of nitrogens with one attached hydrogen (secondary N) is 1. The van der Waals surface area contributed by atoms with Gasteiger partial charge in [0, 0.05) is 5.56 Å². The third-order valence-corrected chi connectivity index (χ3v) is 4.65. The number of nitrogens with two attached hydrogens (primary N) is 1. The number of para-hydroxylation sites is 1. The zero-order valence-electron chi connectivity index (χ0n) is 13.9. The van der Waals surface area contributed by atoms with Gasteiger partial charge in [0.05, 0.1) is 12.1 Å². The van der Waals surface area contributed by atoms with Gasteiger partial charge in [0.1, 0.15) is 5.75 Å². The van der Waals surface area contributed by atoms with Gasteiger partial charge in [0.15, 0.2) is 0 Å². The van der Waals surface area contributed by atoms with Crippen molar-refractivity contribution in [2.24, 2.45) is 17.2 Å². The number of rotatable bonds is 5. The van der Waals surface area contributed by atoms with Crippen molar-refractivity contribution in [3.8, 4) is 5.75 Å². The number of hydrogen-bond acceptors (Lipinski definition) is 3. The third kappa shape index (κ3) is 4.21. The lowest BCUT2D eigenvalue weighted by Crippen LogP contribution is -2.36. The Kier molecular flexibility index (Phi) is 5.28. The molecule has 2 rings (SSSR count). The highest BCUT2D eigenvalue weighted by Gasteiger charge is 2.32. The first-order valence-corrected chi connectivity index (χ1v) is 8.14. The number of hydrazine groups is 1. The zero-order chi connectivity index (χ0) is 15.5. The first-order chi connectivity index (χ1) is 9.93. The summed E-state index contributed by atoms with van der Waals surface area (Å²) in [6.45, 7) is 8.85. The van der Waals surface area contributed by atoms with Gasteiger partial charge < -0.3 is 4.74 Å². The molecule has 1 unspecified atom stereocenters. The van der Waals surface area contributed by atoms with E-state index >= 15 is 0 Å². The van der Waals surface area contributed by atoms with Crippen LogP contribution in [0.5, 0.6) is 5.75 Å². The maximum Gasteiger partial charge on any atom is 0.124 e. The van der Waals surface area contributed by atoms with Crippen molar-refractivity contribution in [2.75, 3.05) is 0 Å². The van der Waals surface area contributed by atoms with Crippen LogP contribution in [0, 0.1) is 11.3 Å². The lowest BCUT2D eigenvalue weighted by molar-refractivity contribution is 0.158. The third-order valence-electron chi connectivity index (χ3n) is 4.65. The fourth-order valence-electron chi connectivity index (χ4n) is 3.33. The molecule has 3 N–H and O–H groups in total. The second kappa shape index (κ2) is 6.80. The Labute approximate surface area is 129 Å². The molecule has 3 nitrogen and oxygen atoms in total. The SMILES string of the molecule is CC(C)Oc1ccccc1C(NN)C1CCC(C)(C)CC1. The molecule has 1 saturated carbocycles. The normalized spacial score (nSPS) is 20.5. The second-order valence-corrected chi connectivity index (χ2v) is 7.35. The number of benzene rings is 1. The number of hydrogen-bond donors (Lipinski definition) is 2. The maximum atomic E-state index is 5.96. The predicted octanol–water partition coefficient (Wildman–Crippen LogP) is 4.19. The van der Waals surface area contributed by atoms with Gasteiger partial charge in [-0.15, -0.1) is 0 Å². The summed E-state index contributed by atoms with van der Waals surface area (Å²) in [6, 6.07) is 8.46. The van der Waals surface area contributed by atoms with Crippen molar-refractivity contribution in [1.82, 2.24) is 5.43 Å². The molecule has 0 heterocycles. The predicted molar refractivity (Wildman–Crippen MR) is 88.0 cm³/mol. The molecule has 0 bridgehead atoms. The molecule has 0 aromatic heterocycles. The minimum Gasteiger partial charge on any atom is -0.491 e. The molecule has 1 aromatic carbocycles. The van der Waals surface area contributed by atoms with E-state index in [1.54, 1.807) is 0 Å². The van der Waals surface area contributed by atoms with Crippen molar-refractivity contribution in [3.05, 3.63) is 29.8 Å². The van der Waals surface area contributed by atoms with Crippen molar-refractivity contribution in [1.29, 1.82) is 0 Å². The van der Waals surface area contributed by atoms with Gasteiger partial charge >= 0.3 is 0 Å². The molecule has 1 aliphatic rings. The Hall–Kier alpha value is -1.06. The molecule has 0 spiro atoms. The van der Waals surface area contributed by atoms with Gasteiger partial charge in [-0.25, -0.2) is 0 Å². The molecule has 0 amide bonds. The smallest absolute Gasteiger partial charge is 0.124 e. The standard InChI is InChI=1S/C18H30N2O/c1-13(2)21-16-8-6-5-7-15(16)17(20-19)14-9-11-18(3,4)12-10-14/h5-8,13-14,17,20H,9-12,19H2,1-4H3. The quantitative estimate of drug-likeness (QED) is 0.631. The molecule has 1 fully saturated rings. The van der Waals surface area contributed by atoms with Gasteiger partial charge in [-0.2, -0.15) is 0 Å². The minimum absolute atomic E-state index is 0.176. The van der Waals surface area contributed by atoms with Crippen LogP contribution in [0.25, 0.3) is 0 Å². The molecular formula is C18H30N2O. The Bertz CT molecular complexity index is 446. The first kappa shape index (κ1) is 16.3. The van der Waals surface area contributed by atoms with Crippen LogP contribution in [0.3, 0.4) is 0 Å². The number of ether oxygens (including phenoxy) is 1. The van der Waals surface area contributed by atoms with E-state index in [2.05, 4.69) is 45.3 Å². The van der Waals surface area contributed by atoms with Crippen LogP contribution in [0.1, 0.15) is 65.0 Å². The Morgan fingerprint density at radius 1 is 1.19 bits per heavy atom. The summed E-state index contributed by atoms with van der Waals surface area (Å²) in [4.78, 5) is 0. The average Bonchev–Trinajstić information content (AvgIpc) is 2.42. The molecule has 118 valence electrons. The van der Waals surface area contributed by atoms with E-state index in [9.17, 15) is 0 Å². The lowest BCUT2D eigenvalue weighted by atomic mass is 9.70. The van der Waals surface area contributed by atoms with Crippen molar-refractivity contribution in [2.45, 2.75) is 65.5 Å². The summed E-state index contributed by atoms with van der Waals surface area (Å²) < 4.78 is 5.96. The van der Waals surface area contributed by atoms with Crippen molar-refractivity contribution >= 4 is 0 Å². The Morgan fingerprint density at radius 3 is 2.38 bits per heavy atom. The average molecular weight is 290 g/mol. The summed E-state index contributed by atoms with van der Waals surface area (Å²) in [7, 11) is 0. The van der Waals surface area contributed by atoms with Crippen molar-refractivity contribution in [3.63, 3.8) is 0 Å². The van der Waals surface area contributed by atoms with E-state index in [0.29, 0.717) is 11.3 Å². The van der Waals surface area contributed by atoms with Gasteiger partial charge in [0.25, 0.3) is 0 Å². The molecule has 0 saturated heterocycles. The zero-order valence-corrected chi connectivity index (χ0v) is 13.9. The topological polar surface area (TPSA) is 47.3 Å². The van der Waals surface area contributed by atoms with E-state index in [1.165, 1.54) is 31.2 Å².